The number of alkyl halides is 18. The van der Waals surface area contributed by atoms with Crippen LogP contribution in [0.2, 0.25) is 0 Å². The molecule has 12 nitrogen and oxygen atoms in total. The van der Waals surface area contributed by atoms with Crippen LogP contribution < -0.4 is 0 Å². The first-order chi connectivity index (χ1) is 24.6. The highest BCUT2D eigenvalue weighted by atomic mass is 19.4. The minimum Gasteiger partial charge on any atom is -0.200 e. The lowest BCUT2D eigenvalue weighted by atomic mass is 10.0. The maximum atomic E-state index is 13.2. The van der Waals surface area contributed by atoms with Crippen molar-refractivity contribution in [3.05, 3.63) is 17.5 Å². The summed E-state index contributed by atoms with van der Waals surface area (Å²) in [4.78, 5) is 0. The number of halogens is 18. The van der Waals surface area contributed by atoms with Gasteiger partial charge in [0.2, 0.25) is 0 Å². The fraction of sp³-hybridized carbons (Fsp3) is 0.875. The van der Waals surface area contributed by atoms with Crippen LogP contribution in [0.4, 0.5) is 79.0 Å². The van der Waals surface area contributed by atoms with E-state index >= 15 is 0 Å². The summed E-state index contributed by atoms with van der Waals surface area (Å²) in [6.07, 6.45) is -5.19. The molecule has 3 aromatic rings. The minimum absolute atomic E-state index is 0.0399. The van der Waals surface area contributed by atoms with Crippen molar-refractivity contribution in [2.24, 2.45) is 0 Å². The molecular formula is C24H30F18N12. The molecule has 6 rings (SSSR count). The van der Waals surface area contributed by atoms with Crippen LogP contribution in [0.5, 0.6) is 0 Å². The molecule has 6 heterocycles. The molecule has 0 spiro atoms. The fourth-order valence-corrected chi connectivity index (χ4v) is 4.11. The van der Waals surface area contributed by atoms with Crippen molar-refractivity contribution in [2.75, 3.05) is 0 Å². The molecule has 30 heteroatoms. The number of rotatable bonds is 0. The number of fused-ring (bicyclic) bond motifs is 3. The molecule has 0 atom stereocenters. The molecule has 0 saturated carbocycles. The van der Waals surface area contributed by atoms with Crippen LogP contribution >= 0.6 is 0 Å². The number of hydrogen-bond donors (Lipinski definition) is 0. The molecule has 0 saturated heterocycles. The zero-order valence-corrected chi connectivity index (χ0v) is 28.4. The molecule has 54 heavy (non-hydrogen) atoms. The smallest absolute Gasteiger partial charge is 0.200 e. The number of aryl methyl sites for hydroxylation is 2. The van der Waals surface area contributed by atoms with Crippen LogP contribution in [0, 0.1) is 0 Å². The third kappa shape index (κ3) is 7.86. The second-order valence-electron chi connectivity index (χ2n) is 10.0. The maximum Gasteiger partial charge on any atom is 0.415 e. The Bertz CT molecular complexity index is 1620. The maximum absolute atomic E-state index is 13.2. The summed E-state index contributed by atoms with van der Waals surface area (Å²) in [6, 6.07) is -15.1. The summed E-state index contributed by atoms with van der Waals surface area (Å²) in [5.41, 5.74) is 0. The van der Waals surface area contributed by atoms with E-state index in [1.807, 2.05) is 41.5 Å². The van der Waals surface area contributed by atoms with Crippen molar-refractivity contribution < 1.29 is 79.0 Å². The molecule has 3 aliphatic heterocycles. The third-order valence-corrected chi connectivity index (χ3v) is 6.84. The van der Waals surface area contributed by atoms with Crippen LogP contribution in [-0.4, -0.2) is 96.2 Å². The second kappa shape index (κ2) is 16.4. The number of tetrazole rings is 3. The Morgan fingerprint density at radius 1 is 0.389 bits per heavy atom. The molecule has 0 bridgehead atoms. The van der Waals surface area contributed by atoms with Crippen LogP contribution in [0.15, 0.2) is 0 Å². The van der Waals surface area contributed by atoms with Crippen molar-refractivity contribution in [2.45, 2.75) is 134 Å². The predicted molar refractivity (Wildman–Crippen MR) is 143 cm³/mol. The summed E-state index contributed by atoms with van der Waals surface area (Å²) in [5, 5.41) is 25.0. The van der Waals surface area contributed by atoms with E-state index in [-0.39, 0.29) is 23.3 Å². The SMILES string of the molecule is CC.CC.CC.FC1(F)CCCc2nnnn2C1(F)F.FC1(F)CCc2nnnn2C(F)(F)C1(F)F.FC1(F)Cc2nnnn2C(F)(F)C(F)(F)C1(F)F. The Morgan fingerprint density at radius 3 is 1.22 bits per heavy atom. The molecule has 0 unspecified atom stereocenters. The molecule has 312 valence electrons. The zero-order chi connectivity index (χ0) is 42.6. The Kier molecular flexibility index (Phi) is 14.5. The molecule has 0 aromatic carbocycles. The predicted octanol–water partition coefficient (Wildman–Crippen LogP) is 7.40. The zero-order valence-electron chi connectivity index (χ0n) is 28.4. The van der Waals surface area contributed by atoms with Crippen molar-refractivity contribution in [3.8, 4) is 0 Å². The van der Waals surface area contributed by atoms with Crippen LogP contribution in [-0.2, 0) is 37.4 Å². The second-order valence-corrected chi connectivity index (χ2v) is 10.0. The van der Waals surface area contributed by atoms with Gasteiger partial charge in [-0.05, 0) is 37.7 Å². The molecule has 3 aromatic heterocycles. The van der Waals surface area contributed by atoms with E-state index in [0.717, 1.165) is 0 Å². The van der Waals surface area contributed by atoms with E-state index in [4.69, 9.17) is 0 Å². The van der Waals surface area contributed by atoms with Crippen LogP contribution in [0.3, 0.4) is 0 Å². The largest absolute Gasteiger partial charge is 0.415 e. The van der Waals surface area contributed by atoms with Gasteiger partial charge >= 0.3 is 53.7 Å². The first-order valence-corrected chi connectivity index (χ1v) is 15.3. The summed E-state index contributed by atoms with van der Waals surface area (Å²) < 4.78 is 232. The van der Waals surface area contributed by atoms with Gasteiger partial charge in [0, 0.05) is 25.7 Å². The van der Waals surface area contributed by atoms with E-state index in [9.17, 15) is 79.0 Å². The van der Waals surface area contributed by atoms with E-state index < -0.39 is 100 Å². The van der Waals surface area contributed by atoms with E-state index in [1.165, 1.54) is 0 Å². The topological polar surface area (TPSA) is 131 Å². The Balaban J connectivity index is 0.000000380. The van der Waals surface area contributed by atoms with Gasteiger partial charge in [-0.15, -0.1) is 15.3 Å². The number of aromatic nitrogens is 12. The molecule has 0 amide bonds. The van der Waals surface area contributed by atoms with Crippen molar-refractivity contribution >= 4 is 0 Å². The quantitative estimate of drug-likeness (QED) is 0.213. The third-order valence-electron chi connectivity index (χ3n) is 6.84. The Hall–Kier alpha value is -4.05. The van der Waals surface area contributed by atoms with Gasteiger partial charge in [-0.2, -0.15) is 93.1 Å². The van der Waals surface area contributed by atoms with Gasteiger partial charge in [0.15, 0.2) is 17.5 Å². The summed E-state index contributed by atoms with van der Waals surface area (Å²) in [7, 11) is 0. The standard InChI is InChI=1S/C6H2F8N4.C6H4F6N4.C6H6F4N4.3C2H6/c7-3(8)1-2-15-16-17-18(2)6(13,14)5(11,12)4(3,9)10;7-4(8)2-1-3-13-14-15-16(3)6(11,12)5(4,9)10;7-5(8)3-1-2-4-11-12-13-14(4)6(5,9)10;3*1-2/h1H2;1-2H2;1-3H2;3*1-2H3. The molecule has 0 N–H and O–H groups in total. The Labute approximate surface area is 291 Å². The fourth-order valence-electron chi connectivity index (χ4n) is 4.11. The lowest BCUT2D eigenvalue weighted by molar-refractivity contribution is -0.383. The van der Waals surface area contributed by atoms with Crippen LogP contribution in [0.1, 0.15) is 78.3 Å². The molecule has 0 aliphatic carbocycles. The van der Waals surface area contributed by atoms with Gasteiger partial charge in [0.05, 0.1) is 6.42 Å². The van der Waals surface area contributed by atoms with Gasteiger partial charge in [-0.25, -0.2) is 0 Å². The van der Waals surface area contributed by atoms with E-state index in [0.29, 0.717) is 0 Å². The highest BCUT2D eigenvalue weighted by Gasteiger charge is 2.84. The van der Waals surface area contributed by atoms with Crippen molar-refractivity contribution in [1.29, 1.82) is 0 Å². The monoisotopic (exact) mass is 828 g/mol. The number of nitrogens with zero attached hydrogens (tertiary/aromatic N) is 12. The lowest BCUT2D eigenvalue weighted by Crippen LogP contribution is -2.61. The highest BCUT2D eigenvalue weighted by Crippen LogP contribution is 2.57. The van der Waals surface area contributed by atoms with Gasteiger partial charge < -0.3 is 0 Å². The van der Waals surface area contributed by atoms with Gasteiger partial charge in [0.25, 0.3) is 0 Å². The first kappa shape index (κ1) is 48.0. The van der Waals surface area contributed by atoms with E-state index in [2.05, 4.69) is 46.6 Å². The average Bonchev–Trinajstić information content (AvgIpc) is 3.86. The summed E-state index contributed by atoms with van der Waals surface area (Å²) in [6.45, 7) is 12.0. The molecular weight excluding hydrogens is 798 g/mol. The molecule has 0 fully saturated rings. The minimum atomic E-state index is -6.34. The highest BCUT2D eigenvalue weighted by molar-refractivity contribution is 5.10. The van der Waals surface area contributed by atoms with Gasteiger partial charge in [0.1, 0.15) is 0 Å². The number of hydrogen-bond acceptors (Lipinski definition) is 9. The summed E-state index contributed by atoms with van der Waals surface area (Å²) in [5.74, 6) is -34.8. The van der Waals surface area contributed by atoms with Crippen molar-refractivity contribution in [1.82, 2.24) is 60.6 Å². The molecule has 3 aliphatic rings. The lowest BCUT2D eigenvalue weighted by Gasteiger charge is -2.33. The first-order valence-electron chi connectivity index (χ1n) is 15.3. The Morgan fingerprint density at radius 2 is 0.759 bits per heavy atom. The molecule has 0 radical (unpaired) electrons. The van der Waals surface area contributed by atoms with Gasteiger partial charge in [-0.3, -0.25) is 0 Å². The normalized spacial score (nSPS) is 23.3. The van der Waals surface area contributed by atoms with E-state index in [1.54, 1.807) is 0 Å². The van der Waals surface area contributed by atoms with Crippen molar-refractivity contribution in [3.63, 3.8) is 0 Å². The average molecular weight is 829 g/mol. The summed E-state index contributed by atoms with van der Waals surface area (Å²) >= 11 is 0. The van der Waals surface area contributed by atoms with Crippen LogP contribution in [0.25, 0.3) is 0 Å². The van der Waals surface area contributed by atoms with Gasteiger partial charge in [-0.1, -0.05) is 41.5 Å².